The number of amides is 2. The molecule has 1 aliphatic heterocycles. The maximum Gasteiger partial charge on any atom is 0.407 e. The van der Waals surface area contributed by atoms with Gasteiger partial charge < -0.3 is 20.1 Å². The summed E-state index contributed by atoms with van der Waals surface area (Å²) in [6, 6.07) is 0. The van der Waals surface area contributed by atoms with Gasteiger partial charge in [-0.25, -0.2) is 4.79 Å². The number of nitrogens with one attached hydrogen (secondary N) is 2. The van der Waals surface area contributed by atoms with Crippen LogP contribution in [0, 0.1) is 0 Å². The van der Waals surface area contributed by atoms with Crippen LogP contribution in [0.4, 0.5) is 4.79 Å². The summed E-state index contributed by atoms with van der Waals surface area (Å²) in [4.78, 5) is 24.1. The van der Waals surface area contributed by atoms with Gasteiger partial charge in [-0.15, -0.1) is 0 Å². The molecule has 0 aromatic carbocycles. The van der Waals surface area contributed by atoms with Crippen molar-refractivity contribution in [3.8, 4) is 0 Å². The van der Waals surface area contributed by atoms with Crippen LogP contribution in [0.25, 0.3) is 0 Å². The molecule has 1 heterocycles. The molecule has 0 aromatic heterocycles. The molecule has 0 unspecified atom stereocenters. The summed E-state index contributed by atoms with van der Waals surface area (Å²) in [7, 11) is 0. The normalized spacial score (nSPS) is 18.9. The lowest BCUT2D eigenvalue weighted by molar-refractivity contribution is -0.132. The number of carbonyl (C=O) groups excluding carboxylic acids is 2. The van der Waals surface area contributed by atoms with Crippen LogP contribution in [0.15, 0.2) is 0 Å². The fourth-order valence-electron chi connectivity index (χ4n) is 2.40. The van der Waals surface area contributed by atoms with Crippen molar-refractivity contribution in [1.82, 2.24) is 10.6 Å². The first-order chi connectivity index (χ1) is 10.2. The fourth-order valence-corrected chi connectivity index (χ4v) is 2.40. The van der Waals surface area contributed by atoms with Crippen LogP contribution < -0.4 is 10.6 Å². The van der Waals surface area contributed by atoms with Crippen molar-refractivity contribution in [1.29, 1.82) is 0 Å². The number of hydrogen-bond acceptors (Lipinski definition) is 4. The van der Waals surface area contributed by atoms with Crippen molar-refractivity contribution >= 4 is 12.0 Å². The zero-order chi connectivity index (χ0) is 16.8. The molecular weight excluding hydrogens is 284 g/mol. The second-order valence-corrected chi connectivity index (χ2v) is 6.83. The number of rotatable bonds is 6. The number of carbonyl (C=O) groups is 2. The quantitative estimate of drug-likeness (QED) is 0.789. The van der Waals surface area contributed by atoms with Crippen molar-refractivity contribution in [3.63, 3.8) is 0 Å². The summed E-state index contributed by atoms with van der Waals surface area (Å²) in [6.07, 6.45) is 2.29. The van der Waals surface area contributed by atoms with E-state index < -0.39 is 17.2 Å². The van der Waals surface area contributed by atoms with Crippen LogP contribution in [0.1, 0.15) is 60.3 Å². The van der Waals surface area contributed by atoms with E-state index in [1.54, 1.807) is 0 Å². The zero-order valence-corrected chi connectivity index (χ0v) is 14.5. The molecule has 2 amide bonds. The van der Waals surface area contributed by atoms with Gasteiger partial charge in [0.25, 0.3) is 0 Å². The molecule has 128 valence electrons. The van der Waals surface area contributed by atoms with Gasteiger partial charge in [-0.2, -0.15) is 0 Å². The molecule has 1 atom stereocenters. The molecule has 0 bridgehead atoms. The lowest BCUT2D eigenvalue weighted by Crippen LogP contribution is -2.57. The Labute approximate surface area is 133 Å². The van der Waals surface area contributed by atoms with E-state index in [0.717, 1.165) is 25.7 Å². The Kier molecular flexibility index (Phi) is 6.66. The number of hydrogen-bond donors (Lipinski definition) is 2. The van der Waals surface area contributed by atoms with E-state index in [0.29, 0.717) is 13.2 Å². The highest BCUT2D eigenvalue weighted by Gasteiger charge is 2.33. The fraction of sp³-hybridized carbons (Fsp3) is 0.875. The minimum absolute atomic E-state index is 0.0906. The standard InChI is InChI=1S/C16H30N2O4/c1-6-16(7-2,11-17-14(20)22-15(3,4)5)18-13(19)12-9-8-10-21-12/h12H,6-11H2,1-5H3,(H,17,20)(H,18,19)/t12-/m0/s1. The monoisotopic (exact) mass is 314 g/mol. The molecule has 6 heteroatoms. The van der Waals surface area contributed by atoms with Crippen molar-refractivity contribution in [3.05, 3.63) is 0 Å². The van der Waals surface area contributed by atoms with E-state index in [4.69, 9.17) is 9.47 Å². The third kappa shape index (κ3) is 5.83. The van der Waals surface area contributed by atoms with E-state index in [1.165, 1.54) is 0 Å². The van der Waals surface area contributed by atoms with Crippen LogP contribution in [0.2, 0.25) is 0 Å². The molecule has 6 nitrogen and oxygen atoms in total. The maximum absolute atomic E-state index is 12.3. The number of ether oxygens (including phenoxy) is 2. The molecule has 0 aromatic rings. The van der Waals surface area contributed by atoms with Crippen LogP contribution in [0.3, 0.4) is 0 Å². The van der Waals surface area contributed by atoms with Crippen LogP contribution in [-0.4, -0.2) is 42.4 Å². The largest absolute Gasteiger partial charge is 0.444 e. The van der Waals surface area contributed by atoms with Crippen molar-refractivity contribution < 1.29 is 19.1 Å². The molecule has 22 heavy (non-hydrogen) atoms. The van der Waals surface area contributed by atoms with Gasteiger partial charge in [-0.05, 0) is 46.5 Å². The molecule has 1 aliphatic rings. The van der Waals surface area contributed by atoms with Gasteiger partial charge >= 0.3 is 6.09 Å². The molecular formula is C16H30N2O4. The molecule has 0 spiro atoms. The van der Waals surface area contributed by atoms with E-state index in [9.17, 15) is 9.59 Å². The Morgan fingerprint density at radius 2 is 1.86 bits per heavy atom. The molecule has 1 rings (SSSR count). The summed E-state index contributed by atoms with van der Waals surface area (Å²) >= 11 is 0. The Balaban J connectivity index is 2.58. The molecule has 2 N–H and O–H groups in total. The van der Waals surface area contributed by atoms with E-state index in [-0.39, 0.29) is 12.0 Å². The zero-order valence-electron chi connectivity index (χ0n) is 14.5. The Bertz CT molecular complexity index is 380. The summed E-state index contributed by atoms with van der Waals surface area (Å²) < 4.78 is 10.7. The topological polar surface area (TPSA) is 76.7 Å². The van der Waals surface area contributed by atoms with Gasteiger partial charge in [0.15, 0.2) is 0 Å². The molecule has 0 saturated carbocycles. The Hall–Kier alpha value is -1.30. The first-order valence-electron chi connectivity index (χ1n) is 8.12. The van der Waals surface area contributed by atoms with Crippen LogP contribution in [0.5, 0.6) is 0 Å². The van der Waals surface area contributed by atoms with E-state index in [2.05, 4.69) is 10.6 Å². The van der Waals surface area contributed by atoms with Gasteiger partial charge in [-0.3, -0.25) is 4.79 Å². The Morgan fingerprint density at radius 3 is 2.32 bits per heavy atom. The molecule has 0 radical (unpaired) electrons. The summed E-state index contributed by atoms with van der Waals surface area (Å²) in [6.45, 7) is 10.4. The number of alkyl carbamates (subject to hydrolysis) is 1. The molecule has 1 fully saturated rings. The minimum atomic E-state index is -0.536. The second-order valence-electron chi connectivity index (χ2n) is 6.83. The average Bonchev–Trinajstić information content (AvgIpc) is 2.96. The smallest absolute Gasteiger partial charge is 0.407 e. The first-order valence-corrected chi connectivity index (χ1v) is 8.12. The minimum Gasteiger partial charge on any atom is -0.444 e. The van der Waals surface area contributed by atoms with Crippen molar-refractivity contribution in [2.45, 2.75) is 77.5 Å². The third-order valence-corrected chi connectivity index (χ3v) is 3.93. The average molecular weight is 314 g/mol. The predicted molar refractivity (Wildman–Crippen MR) is 84.7 cm³/mol. The van der Waals surface area contributed by atoms with Gasteiger partial charge in [0.05, 0.1) is 5.54 Å². The van der Waals surface area contributed by atoms with Crippen molar-refractivity contribution in [2.24, 2.45) is 0 Å². The van der Waals surface area contributed by atoms with Crippen LogP contribution >= 0.6 is 0 Å². The Morgan fingerprint density at radius 1 is 1.23 bits per heavy atom. The highest BCUT2D eigenvalue weighted by atomic mass is 16.6. The van der Waals surface area contributed by atoms with Gasteiger partial charge in [-0.1, -0.05) is 13.8 Å². The summed E-state index contributed by atoms with van der Waals surface area (Å²) in [5.74, 6) is -0.0906. The third-order valence-electron chi connectivity index (χ3n) is 3.93. The van der Waals surface area contributed by atoms with Gasteiger partial charge in [0.2, 0.25) is 5.91 Å². The van der Waals surface area contributed by atoms with Gasteiger partial charge in [0.1, 0.15) is 11.7 Å². The van der Waals surface area contributed by atoms with E-state index in [1.807, 2.05) is 34.6 Å². The first kappa shape index (κ1) is 18.7. The van der Waals surface area contributed by atoms with Crippen molar-refractivity contribution in [2.75, 3.05) is 13.2 Å². The highest BCUT2D eigenvalue weighted by Crippen LogP contribution is 2.18. The second kappa shape index (κ2) is 7.81. The molecule has 0 aliphatic carbocycles. The lowest BCUT2D eigenvalue weighted by Gasteiger charge is -2.34. The summed E-state index contributed by atoms with van der Waals surface area (Å²) in [5, 5.41) is 5.82. The highest BCUT2D eigenvalue weighted by molar-refractivity contribution is 5.81. The predicted octanol–water partition coefficient (Wildman–Crippen LogP) is 2.37. The maximum atomic E-state index is 12.3. The SMILES string of the molecule is CCC(CC)(CNC(=O)OC(C)(C)C)NC(=O)[C@@H]1CCCO1. The van der Waals surface area contributed by atoms with Gasteiger partial charge in [0, 0.05) is 13.2 Å². The summed E-state index contributed by atoms with van der Waals surface area (Å²) in [5.41, 5.74) is -1.01. The van der Waals surface area contributed by atoms with E-state index >= 15 is 0 Å². The lowest BCUT2D eigenvalue weighted by atomic mass is 9.92. The molecule has 1 saturated heterocycles. The van der Waals surface area contributed by atoms with Crippen LogP contribution in [-0.2, 0) is 14.3 Å².